The Morgan fingerprint density at radius 1 is 1.35 bits per heavy atom. The van der Waals surface area contributed by atoms with E-state index < -0.39 is 11.7 Å². The van der Waals surface area contributed by atoms with E-state index in [4.69, 9.17) is 4.74 Å². The van der Waals surface area contributed by atoms with Crippen molar-refractivity contribution in [1.82, 2.24) is 5.32 Å². The van der Waals surface area contributed by atoms with Crippen LogP contribution in [0, 0.1) is 0 Å². The first kappa shape index (κ1) is 19.0. The second-order valence-corrected chi connectivity index (χ2v) is 5.51. The molecule has 5 heteroatoms. The molecule has 2 N–H and O–H groups in total. The maximum atomic E-state index is 12.2. The Morgan fingerprint density at radius 3 is 2.73 bits per heavy atom. The summed E-state index contributed by atoms with van der Waals surface area (Å²) in [5, 5.41) is 12.3. The number of allylic oxidation sites excluding steroid dienone is 6. The van der Waals surface area contributed by atoms with Gasteiger partial charge in [-0.2, -0.15) is 0 Å². The molecule has 2 rings (SSSR count). The highest BCUT2D eigenvalue weighted by atomic mass is 16.5. The summed E-state index contributed by atoms with van der Waals surface area (Å²) < 4.78 is 5.82. The van der Waals surface area contributed by atoms with Gasteiger partial charge in [0.05, 0.1) is 0 Å². The molecular weight excluding hydrogens is 328 g/mol. The number of aliphatic imine (C=N–C) groups is 1. The van der Waals surface area contributed by atoms with Gasteiger partial charge in [0, 0.05) is 0 Å². The van der Waals surface area contributed by atoms with E-state index in [1.54, 1.807) is 0 Å². The lowest BCUT2D eigenvalue weighted by molar-refractivity contribution is -0.120. The summed E-state index contributed by atoms with van der Waals surface area (Å²) in [4.78, 5) is 16.2. The van der Waals surface area contributed by atoms with Crippen LogP contribution >= 0.6 is 0 Å². The first-order valence-corrected chi connectivity index (χ1v) is 8.22. The Labute approximate surface area is 153 Å². The molecule has 134 valence electrons. The monoisotopic (exact) mass is 350 g/mol. The maximum absolute atomic E-state index is 12.2. The minimum atomic E-state index is -0.707. The molecule has 1 aliphatic rings. The number of ether oxygens (including phenoxy) is 1. The Balaban J connectivity index is 2.31. The maximum Gasteiger partial charge on any atom is 0.292 e. The lowest BCUT2D eigenvalue weighted by Crippen LogP contribution is -2.27. The predicted molar refractivity (Wildman–Crippen MR) is 103 cm³/mol. The molecule has 1 aromatic carbocycles. The van der Waals surface area contributed by atoms with Crippen molar-refractivity contribution in [3.63, 3.8) is 0 Å². The van der Waals surface area contributed by atoms with E-state index in [0.29, 0.717) is 5.70 Å². The van der Waals surface area contributed by atoms with Crippen molar-refractivity contribution in [2.45, 2.75) is 19.4 Å². The van der Waals surface area contributed by atoms with Gasteiger partial charge in [0.2, 0.25) is 5.88 Å². The molecule has 1 aromatic rings. The summed E-state index contributed by atoms with van der Waals surface area (Å²) in [6.07, 6.45) is 10.0. The van der Waals surface area contributed by atoms with Crippen molar-refractivity contribution < 1.29 is 14.6 Å². The topological polar surface area (TPSA) is 70.9 Å². The third kappa shape index (κ3) is 5.34. The minimum Gasteiger partial charge on any atom is -0.503 e. The Kier molecular flexibility index (Phi) is 7.18. The summed E-state index contributed by atoms with van der Waals surface area (Å²) in [6, 6.07) is 9.55. The molecule has 0 radical (unpaired) electrons. The summed E-state index contributed by atoms with van der Waals surface area (Å²) in [5.74, 6) is -1.03. The van der Waals surface area contributed by atoms with Crippen LogP contribution in [-0.2, 0) is 16.1 Å². The summed E-state index contributed by atoms with van der Waals surface area (Å²) >= 11 is 0. The molecule has 0 unspecified atom stereocenters. The van der Waals surface area contributed by atoms with Crippen LogP contribution in [0.4, 0.5) is 0 Å². The molecule has 1 aliphatic carbocycles. The number of amides is 1. The Bertz CT molecular complexity index is 787. The van der Waals surface area contributed by atoms with Crippen molar-refractivity contribution in [2.75, 3.05) is 0 Å². The van der Waals surface area contributed by atoms with Crippen LogP contribution in [0.2, 0.25) is 0 Å². The van der Waals surface area contributed by atoms with Gasteiger partial charge in [0.25, 0.3) is 5.91 Å². The van der Waals surface area contributed by atoms with Crippen molar-refractivity contribution >= 4 is 12.6 Å². The zero-order chi connectivity index (χ0) is 18.8. The molecule has 26 heavy (non-hydrogen) atoms. The summed E-state index contributed by atoms with van der Waals surface area (Å²) in [7, 11) is 0. The second-order valence-electron chi connectivity index (χ2n) is 5.51. The number of aliphatic hydroxyl groups excluding tert-OH is 1. The smallest absolute Gasteiger partial charge is 0.292 e. The quantitative estimate of drug-likeness (QED) is 0.321. The number of hydrogen-bond acceptors (Lipinski definition) is 4. The molecule has 0 fully saturated rings. The molecule has 0 heterocycles. The van der Waals surface area contributed by atoms with Gasteiger partial charge in [-0.25, -0.2) is 0 Å². The third-order valence-corrected chi connectivity index (χ3v) is 3.65. The van der Waals surface area contributed by atoms with Crippen molar-refractivity contribution in [2.24, 2.45) is 4.99 Å². The lowest BCUT2D eigenvalue weighted by atomic mass is 10.0. The van der Waals surface area contributed by atoms with Gasteiger partial charge < -0.3 is 9.84 Å². The van der Waals surface area contributed by atoms with E-state index in [9.17, 15) is 9.90 Å². The number of nitrogens with zero attached hydrogens (tertiary/aromatic N) is 1. The highest BCUT2D eigenvalue weighted by Crippen LogP contribution is 2.24. The molecule has 0 spiro atoms. The van der Waals surface area contributed by atoms with Crippen molar-refractivity contribution in [3.05, 3.63) is 95.8 Å². The third-order valence-electron chi connectivity index (χ3n) is 3.65. The van der Waals surface area contributed by atoms with E-state index >= 15 is 0 Å². The van der Waals surface area contributed by atoms with Crippen LogP contribution in [-0.4, -0.2) is 17.7 Å². The number of carbonyl (C=O) groups is 1. The normalized spacial score (nSPS) is 14.8. The largest absolute Gasteiger partial charge is 0.503 e. The standard InChI is InChI=1S/C21H22N2O3/c1-3-10-18(24)20(25)23-21(26-15-16-11-6-4-7-12-16)19(22-2)17-13-8-5-9-14-17/h3-8,10-13,24H,1-2,9,14-15H2,(H,23,25)/b18-10-,21-19-. The van der Waals surface area contributed by atoms with E-state index in [1.807, 2.05) is 48.6 Å². The van der Waals surface area contributed by atoms with E-state index in [-0.39, 0.29) is 12.5 Å². The predicted octanol–water partition coefficient (Wildman–Crippen LogP) is 4.09. The molecule has 5 nitrogen and oxygen atoms in total. The van der Waals surface area contributed by atoms with E-state index in [0.717, 1.165) is 24.0 Å². The molecule has 0 aromatic heterocycles. The highest BCUT2D eigenvalue weighted by Gasteiger charge is 2.18. The van der Waals surface area contributed by atoms with Crippen LogP contribution in [0.5, 0.6) is 0 Å². The van der Waals surface area contributed by atoms with Crippen LogP contribution < -0.4 is 5.32 Å². The van der Waals surface area contributed by atoms with Crippen LogP contribution in [0.15, 0.2) is 95.2 Å². The molecule has 0 atom stereocenters. The fourth-order valence-corrected chi connectivity index (χ4v) is 2.37. The molecule has 0 bridgehead atoms. The molecular formula is C21H22N2O3. The average molecular weight is 350 g/mol. The number of hydrogen-bond donors (Lipinski definition) is 2. The van der Waals surface area contributed by atoms with Crippen molar-refractivity contribution in [3.8, 4) is 0 Å². The van der Waals surface area contributed by atoms with Gasteiger partial charge in [-0.1, -0.05) is 61.2 Å². The zero-order valence-electron chi connectivity index (χ0n) is 14.5. The van der Waals surface area contributed by atoms with E-state index in [1.165, 1.54) is 12.2 Å². The van der Waals surface area contributed by atoms with Gasteiger partial charge in [0.1, 0.15) is 12.3 Å². The highest BCUT2D eigenvalue weighted by molar-refractivity contribution is 5.92. The van der Waals surface area contributed by atoms with Gasteiger partial charge in [0.15, 0.2) is 5.76 Å². The SMILES string of the molecule is C=C/C=C(\O)C(=O)N/C(OCc1ccccc1)=C(/N=C)C1=CC=CCC1. The number of nitrogens with one attached hydrogen (secondary N) is 1. The van der Waals surface area contributed by atoms with Gasteiger partial charge in [-0.05, 0) is 36.8 Å². The number of benzene rings is 1. The van der Waals surface area contributed by atoms with Gasteiger partial charge >= 0.3 is 0 Å². The molecule has 0 saturated carbocycles. The lowest BCUT2D eigenvalue weighted by Gasteiger charge is -2.17. The molecule has 0 saturated heterocycles. The van der Waals surface area contributed by atoms with Crippen LogP contribution in [0.1, 0.15) is 18.4 Å². The van der Waals surface area contributed by atoms with Crippen LogP contribution in [0.3, 0.4) is 0 Å². The summed E-state index contributed by atoms with van der Waals surface area (Å²) in [6.45, 7) is 7.30. The second kappa shape index (κ2) is 9.84. The Morgan fingerprint density at radius 2 is 2.12 bits per heavy atom. The number of rotatable bonds is 8. The first-order valence-electron chi connectivity index (χ1n) is 8.22. The minimum absolute atomic E-state index is 0.152. The van der Waals surface area contributed by atoms with Crippen molar-refractivity contribution in [1.29, 1.82) is 0 Å². The van der Waals surface area contributed by atoms with Crippen LogP contribution in [0.25, 0.3) is 0 Å². The number of carbonyl (C=O) groups excluding carboxylic acids is 1. The molecule has 0 aliphatic heterocycles. The van der Waals surface area contributed by atoms with E-state index in [2.05, 4.69) is 23.6 Å². The summed E-state index contributed by atoms with van der Waals surface area (Å²) in [5.41, 5.74) is 2.29. The molecule has 1 amide bonds. The number of aliphatic hydroxyl groups is 1. The average Bonchev–Trinajstić information content (AvgIpc) is 2.68. The fraction of sp³-hybridized carbons (Fsp3) is 0.143. The zero-order valence-corrected chi connectivity index (χ0v) is 14.5. The van der Waals surface area contributed by atoms with Gasteiger partial charge in [-0.3, -0.25) is 15.1 Å². The fourth-order valence-electron chi connectivity index (χ4n) is 2.37. The Hall–Kier alpha value is -3.34. The first-order chi connectivity index (χ1) is 12.7. The van der Waals surface area contributed by atoms with Gasteiger partial charge in [-0.15, -0.1) is 0 Å².